The average Bonchev–Trinajstić information content (AvgIpc) is 2.79. The van der Waals surface area contributed by atoms with Crippen LogP contribution < -0.4 is 10.6 Å². The van der Waals surface area contributed by atoms with Crippen molar-refractivity contribution in [3.05, 3.63) is 12.7 Å². The molecule has 0 spiro atoms. The summed E-state index contributed by atoms with van der Waals surface area (Å²) in [7, 11) is 0. The highest BCUT2D eigenvalue weighted by atomic mass is 32.2. The van der Waals surface area contributed by atoms with Gasteiger partial charge in [0.05, 0.1) is 5.75 Å². The van der Waals surface area contributed by atoms with Gasteiger partial charge in [-0.3, -0.25) is 4.79 Å². The van der Waals surface area contributed by atoms with Crippen molar-refractivity contribution < 1.29 is 4.79 Å². The zero-order valence-electron chi connectivity index (χ0n) is 10.6. The molecule has 2 N–H and O–H groups in total. The van der Waals surface area contributed by atoms with Crippen LogP contribution in [0.1, 0.15) is 13.8 Å². The van der Waals surface area contributed by atoms with E-state index in [4.69, 9.17) is 0 Å². The van der Waals surface area contributed by atoms with Gasteiger partial charge in [0.2, 0.25) is 11.0 Å². The highest BCUT2D eigenvalue weighted by Gasteiger charge is 2.07. The minimum absolute atomic E-state index is 0.0319. The van der Waals surface area contributed by atoms with Crippen LogP contribution in [0.4, 0.5) is 5.13 Å². The molecule has 1 amide bonds. The van der Waals surface area contributed by atoms with Gasteiger partial charge in [-0.15, -0.1) is 16.8 Å². The van der Waals surface area contributed by atoms with Crippen LogP contribution in [0.15, 0.2) is 17.0 Å². The predicted octanol–water partition coefficient (Wildman–Crippen LogP) is 2.00. The van der Waals surface area contributed by atoms with Gasteiger partial charge in [0.25, 0.3) is 0 Å². The molecule has 0 unspecified atom stereocenters. The number of nitrogens with one attached hydrogen (secondary N) is 2. The summed E-state index contributed by atoms with van der Waals surface area (Å²) >= 11 is 2.84. The van der Waals surface area contributed by atoms with Crippen molar-refractivity contribution in [2.45, 2.75) is 18.2 Å². The molecule has 0 saturated carbocycles. The molecule has 0 aliphatic heterocycles. The minimum atomic E-state index is 0.0319. The summed E-state index contributed by atoms with van der Waals surface area (Å²) < 4.78 is 0.793. The second kappa shape index (κ2) is 8.10. The Hall–Kier alpha value is -1.08. The van der Waals surface area contributed by atoms with Crippen molar-refractivity contribution in [2.75, 3.05) is 24.2 Å². The number of aromatic nitrogens is 2. The van der Waals surface area contributed by atoms with E-state index < -0.39 is 0 Å². The molecular weight excluding hydrogens is 268 g/mol. The van der Waals surface area contributed by atoms with E-state index in [2.05, 4.69) is 41.3 Å². The number of amides is 1. The summed E-state index contributed by atoms with van der Waals surface area (Å²) in [4.78, 5) is 11.5. The number of carbonyl (C=O) groups excluding carboxylic acids is 1. The zero-order valence-corrected chi connectivity index (χ0v) is 12.2. The largest absolute Gasteiger partial charge is 0.357 e. The lowest BCUT2D eigenvalue weighted by molar-refractivity contribution is -0.118. The van der Waals surface area contributed by atoms with Crippen molar-refractivity contribution in [1.82, 2.24) is 15.5 Å². The highest BCUT2D eigenvalue weighted by Crippen LogP contribution is 2.24. The average molecular weight is 286 g/mol. The van der Waals surface area contributed by atoms with Crippen LogP contribution in [-0.4, -0.2) is 34.9 Å². The lowest BCUT2D eigenvalue weighted by Crippen LogP contribution is -2.28. The van der Waals surface area contributed by atoms with Gasteiger partial charge in [-0.25, -0.2) is 0 Å². The maximum Gasteiger partial charge on any atom is 0.230 e. The van der Waals surface area contributed by atoms with Gasteiger partial charge in [-0.1, -0.05) is 43.0 Å². The van der Waals surface area contributed by atoms with Gasteiger partial charge in [0.1, 0.15) is 0 Å². The summed E-state index contributed by atoms with van der Waals surface area (Å²) in [6.07, 6.45) is 1.76. The first-order valence-electron chi connectivity index (χ1n) is 5.69. The third kappa shape index (κ3) is 6.02. The normalized spacial score (nSPS) is 10.4. The van der Waals surface area contributed by atoms with Crippen LogP contribution in [0, 0.1) is 5.92 Å². The number of rotatable bonds is 8. The van der Waals surface area contributed by atoms with E-state index in [0.717, 1.165) is 9.47 Å². The number of thioether (sulfide) groups is 1. The smallest absolute Gasteiger partial charge is 0.230 e. The number of anilines is 1. The first-order valence-corrected chi connectivity index (χ1v) is 7.49. The van der Waals surface area contributed by atoms with Crippen LogP contribution >= 0.6 is 23.1 Å². The Morgan fingerprint density at radius 1 is 1.56 bits per heavy atom. The number of carbonyl (C=O) groups is 1. The maximum atomic E-state index is 11.5. The van der Waals surface area contributed by atoms with E-state index in [1.54, 1.807) is 6.08 Å². The second-order valence-corrected chi connectivity index (χ2v) is 6.23. The molecule has 0 bridgehead atoms. The van der Waals surface area contributed by atoms with Gasteiger partial charge < -0.3 is 10.6 Å². The molecule has 0 aliphatic rings. The fraction of sp³-hybridized carbons (Fsp3) is 0.545. The zero-order chi connectivity index (χ0) is 13.4. The molecule has 0 fully saturated rings. The van der Waals surface area contributed by atoms with Crippen molar-refractivity contribution in [3.63, 3.8) is 0 Å². The minimum Gasteiger partial charge on any atom is -0.357 e. The Balaban J connectivity index is 2.28. The molecule has 1 aromatic heterocycles. The van der Waals surface area contributed by atoms with Crippen molar-refractivity contribution in [2.24, 2.45) is 5.92 Å². The molecule has 1 rings (SSSR count). The molecule has 18 heavy (non-hydrogen) atoms. The van der Waals surface area contributed by atoms with Crippen LogP contribution in [0.3, 0.4) is 0 Å². The summed E-state index contributed by atoms with van der Waals surface area (Å²) in [6, 6.07) is 0. The van der Waals surface area contributed by atoms with Gasteiger partial charge in [-0.2, -0.15) is 0 Å². The van der Waals surface area contributed by atoms with Crippen LogP contribution in [0.25, 0.3) is 0 Å². The fourth-order valence-corrected chi connectivity index (χ4v) is 2.58. The Kier molecular flexibility index (Phi) is 6.74. The maximum absolute atomic E-state index is 11.5. The summed E-state index contributed by atoms with van der Waals surface area (Å²) in [5.41, 5.74) is 0. The van der Waals surface area contributed by atoms with E-state index in [-0.39, 0.29) is 5.91 Å². The lowest BCUT2D eigenvalue weighted by Gasteiger charge is -2.05. The van der Waals surface area contributed by atoms with Crippen LogP contribution in [0.5, 0.6) is 0 Å². The van der Waals surface area contributed by atoms with Gasteiger partial charge >= 0.3 is 0 Å². The first-order chi connectivity index (χ1) is 8.61. The van der Waals surface area contributed by atoms with Gasteiger partial charge in [0, 0.05) is 13.1 Å². The fourth-order valence-electron chi connectivity index (χ4n) is 0.995. The number of nitrogens with zero attached hydrogens (tertiary/aromatic N) is 2. The molecule has 0 atom stereocenters. The molecular formula is C11H18N4OS2. The molecule has 5 nitrogen and oxygen atoms in total. The van der Waals surface area contributed by atoms with Crippen molar-refractivity contribution in [3.8, 4) is 0 Å². The Morgan fingerprint density at radius 2 is 2.33 bits per heavy atom. The predicted molar refractivity (Wildman–Crippen MR) is 77.2 cm³/mol. The summed E-state index contributed by atoms with van der Waals surface area (Å²) in [5, 5.41) is 14.6. The molecule has 0 aliphatic carbocycles. The monoisotopic (exact) mass is 286 g/mol. The lowest BCUT2D eigenvalue weighted by atomic mass is 10.2. The Bertz CT molecular complexity index is 392. The van der Waals surface area contributed by atoms with E-state index in [0.29, 0.717) is 24.8 Å². The van der Waals surface area contributed by atoms with E-state index in [1.165, 1.54) is 23.1 Å². The van der Waals surface area contributed by atoms with Crippen molar-refractivity contribution in [1.29, 1.82) is 0 Å². The van der Waals surface area contributed by atoms with Gasteiger partial charge in [0.15, 0.2) is 4.34 Å². The molecule has 1 heterocycles. The summed E-state index contributed by atoms with van der Waals surface area (Å²) in [6.45, 7) is 9.11. The SMILES string of the molecule is C=CCNc1nnc(SCC(=O)NCC(C)C)s1. The first kappa shape index (κ1) is 15.0. The van der Waals surface area contributed by atoms with E-state index >= 15 is 0 Å². The number of hydrogen-bond acceptors (Lipinski definition) is 6. The topological polar surface area (TPSA) is 66.9 Å². The van der Waals surface area contributed by atoms with E-state index in [9.17, 15) is 4.79 Å². The van der Waals surface area contributed by atoms with Crippen LogP contribution in [0.2, 0.25) is 0 Å². The highest BCUT2D eigenvalue weighted by molar-refractivity contribution is 8.01. The Labute approximate surface area is 115 Å². The molecule has 0 radical (unpaired) electrons. The molecule has 1 aromatic rings. The van der Waals surface area contributed by atoms with Gasteiger partial charge in [-0.05, 0) is 5.92 Å². The Morgan fingerprint density at radius 3 is 3.00 bits per heavy atom. The standard InChI is InChI=1S/C11H18N4OS2/c1-4-5-12-10-14-15-11(18-10)17-7-9(16)13-6-8(2)3/h4,8H,1,5-7H2,2-3H3,(H,12,14)(H,13,16). The molecule has 100 valence electrons. The van der Waals surface area contributed by atoms with Crippen molar-refractivity contribution >= 4 is 34.1 Å². The molecule has 0 aromatic carbocycles. The molecule has 7 heteroatoms. The van der Waals surface area contributed by atoms with E-state index in [1.807, 2.05) is 0 Å². The third-order valence-corrected chi connectivity index (χ3v) is 3.85. The molecule has 0 saturated heterocycles. The quantitative estimate of drug-likeness (QED) is 0.565. The summed E-state index contributed by atoms with van der Waals surface area (Å²) in [5.74, 6) is 0.877. The van der Waals surface area contributed by atoms with Crippen LogP contribution in [-0.2, 0) is 4.79 Å². The second-order valence-electron chi connectivity index (χ2n) is 4.03. The number of hydrogen-bond donors (Lipinski definition) is 2. The third-order valence-electron chi connectivity index (χ3n) is 1.84.